The quantitative estimate of drug-likeness (QED) is 0.556. The molecule has 3 aromatic rings. The smallest absolute Gasteiger partial charge is 0.335 e. The Morgan fingerprint density at radius 3 is 2.28 bits per heavy atom. The number of nitrogens with zero attached hydrogens (tertiary/aromatic N) is 1. The fourth-order valence-corrected chi connectivity index (χ4v) is 3.92. The molecule has 0 saturated carbocycles. The van der Waals surface area contributed by atoms with Gasteiger partial charge in [0.2, 0.25) is 0 Å². The van der Waals surface area contributed by atoms with Crippen LogP contribution >= 0.6 is 11.6 Å². The molecule has 0 aromatic heterocycles. The molecule has 0 bridgehead atoms. The lowest BCUT2D eigenvalue weighted by molar-refractivity contribution is -0.112. The predicted octanol–water partition coefficient (Wildman–Crippen LogP) is 5.87. The van der Waals surface area contributed by atoms with Gasteiger partial charge in [0, 0.05) is 16.3 Å². The van der Waals surface area contributed by atoms with Gasteiger partial charge >= 0.3 is 5.97 Å². The van der Waals surface area contributed by atoms with Crippen molar-refractivity contribution < 1.29 is 14.7 Å². The topological polar surface area (TPSA) is 57.6 Å². The number of aryl methyl sites for hydroxylation is 2. The van der Waals surface area contributed by atoms with E-state index in [1.807, 2.05) is 56.3 Å². The van der Waals surface area contributed by atoms with Crippen LogP contribution in [0.3, 0.4) is 0 Å². The van der Waals surface area contributed by atoms with Crippen LogP contribution < -0.4 is 4.90 Å². The van der Waals surface area contributed by atoms with Crippen molar-refractivity contribution in [2.24, 2.45) is 0 Å². The number of rotatable bonds is 3. The number of fused-ring (bicyclic) bond motifs is 1. The maximum absolute atomic E-state index is 13.5. The van der Waals surface area contributed by atoms with Crippen molar-refractivity contribution in [2.75, 3.05) is 4.90 Å². The highest BCUT2D eigenvalue weighted by atomic mass is 35.5. The van der Waals surface area contributed by atoms with Crippen LogP contribution in [0.25, 0.3) is 11.6 Å². The van der Waals surface area contributed by atoms with Gasteiger partial charge < -0.3 is 5.11 Å². The van der Waals surface area contributed by atoms with Crippen LogP contribution in [0.5, 0.6) is 0 Å². The average molecular weight is 404 g/mol. The number of halogens is 1. The van der Waals surface area contributed by atoms with E-state index in [0.29, 0.717) is 16.3 Å². The lowest BCUT2D eigenvalue weighted by atomic mass is 9.98. The Kier molecular flexibility index (Phi) is 4.73. The van der Waals surface area contributed by atoms with Crippen molar-refractivity contribution in [3.8, 4) is 0 Å². The van der Waals surface area contributed by atoms with Gasteiger partial charge in [-0.3, -0.25) is 9.69 Å². The molecule has 0 fully saturated rings. The molecule has 1 aliphatic rings. The van der Waals surface area contributed by atoms with Gasteiger partial charge in [-0.15, -0.1) is 0 Å². The normalized spacial score (nSPS) is 14.4. The predicted molar refractivity (Wildman–Crippen MR) is 116 cm³/mol. The Morgan fingerprint density at radius 2 is 1.62 bits per heavy atom. The highest BCUT2D eigenvalue weighted by molar-refractivity contribution is 6.39. The Morgan fingerprint density at radius 1 is 0.966 bits per heavy atom. The molecule has 3 aromatic carbocycles. The van der Waals surface area contributed by atoms with Gasteiger partial charge in [0.15, 0.2) is 0 Å². The number of carboxylic acid groups (broad SMARTS) is 1. The van der Waals surface area contributed by atoms with Crippen molar-refractivity contribution in [1.29, 1.82) is 0 Å². The summed E-state index contributed by atoms with van der Waals surface area (Å²) >= 11 is 6.40. The first-order valence-electron chi connectivity index (χ1n) is 9.13. The first-order chi connectivity index (χ1) is 13.9. The number of carboxylic acids is 1. The van der Waals surface area contributed by atoms with E-state index in [1.54, 1.807) is 17.0 Å². The molecule has 0 atom stereocenters. The third-order valence-corrected chi connectivity index (χ3v) is 5.46. The summed E-state index contributed by atoms with van der Waals surface area (Å²) in [7, 11) is 0. The van der Waals surface area contributed by atoms with Crippen molar-refractivity contribution in [3.63, 3.8) is 0 Å². The van der Waals surface area contributed by atoms with Crippen LogP contribution in [0, 0.1) is 13.8 Å². The molecule has 1 aliphatic heterocycles. The number of hydrogen-bond acceptors (Lipinski definition) is 2. The van der Waals surface area contributed by atoms with Crippen LogP contribution in [0.1, 0.15) is 32.6 Å². The molecule has 0 radical (unpaired) electrons. The van der Waals surface area contributed by atoms with E-state index < -0.39 is 5.97 Å². The molecular formula is C24H18ClNO3. The van der Waals surface area contributed by atoms with Gasteiger partial charge in [-0.2, -0.15) is 0 Å². The monoisotopic (exact) mass is 403 g/mol. The zero-order valence-corrected chi connectivity index (χ0v) is 16.7. The number of benzene rings is 3. The molecule has 1 N–H and O–H groups in total. The lowest BCUT2D eigenvalue weighted by Gasteiger charge is -2.17. The second kappa shape index (κ2) is 7.22. The summed E-state index contributed by atoms with van der Waals surface area (Å²) in [6, 6.07) is 17.7. The minimum atomic E-state index is -1.00. The minimum absolute atomic E-state index is 0.170. The Balaban J connectivity index is 1.89. The van der Waals surface area contributed by atoms with Crippen LogP contribution in [0.4, 0.5) is 11.4 Å². The summed E-state index contributed by atoms with van der Waals surface area (Å²) in [6.45, 7) is 3.93. The van der Waals surface area contributed by atoms with Crippen LogP contribution in [0.15, 0.2) is 60.7 Å². The summed E-state index contributed by atoms with van der Waals surface area (Å²) in [5, 5.41) is 9.73. The van der Waals surface area contributed by atoms with E-state index >= 15 is 0 Å². The highest BCUT2D eigenvalue weighted by Crippen LogP contribution is 2.44. The fourth-order valence-electron chi connectivity index (χ4n) is 3.64. The van der Waals surface area contributed by atoms with E-state index in [-0.39, 0.29) is 11.5 Å². The second-order valence-corrected chi connectivity index (χ2v) is 7.40. The number of hydrogen-bond donors (Lipinski definition) is 1. The molecular weight excluding hydrogens is 386 g/mol. The van der Waals surface area contributed by atoms with E-state index in [2.05, 4.69) is 0 Å². The number of aromatic carboxylic acids is 1. The third-order valence-electron chi connectivity index (χ3n) is 5.13. The molecule has 29 heavy (non-hydrogen) atoms. The Bertz CT molecular complexity index is 1160. The molecule has 1 amide bonds. The van der Waals surface area contributed by atoms with E-state index in [9.17, 15) is 9.59 Å². The van der Waals surface area contributed by atoms with Crippen molar-refractivity contribution >= 4 is 46.5 Å². The maximum atomic E-state index is 13.5. The second-order valence-electron chi connectivity index (χ2n) is 6.99. The maximum Gasteiger partial charge on any atom is 0.335 e. The van der Waals surface area contributed by atoms with Crippen LogP contribution in [-0.4, -0.2) is 17.0 Å². The lowest BCUT2D eigenvalue weighted by Crippen LogP contribution is -2.20. The number of anilines is 2. The van der Waals surface area contributed by atoms with Crippen LogP contribution in [0.2, 0.25) is 5.02 Å². The zero-order valence-electron chi connectivity index (χ0n) is 15.9. The molecule has 0 saturated heterocycles. The molecule has 0 spiro atoms. The molecule has 4 rings (SSSR count). The Labute approximate surface area is 173 Å². The van der Waals surface area contributed by atoms with Gasteiger partial charge in [-0.1, -0.05) is 35.9 Å². The Hall–Kier alpha value is -3.37. The summed E-state index contributed by atoms with van der Waals surface area (Å²) < 4.78 is 0. The molecule has 5 heteroatoms. The standard InChI is InChI=1S/C24H18ClNO3/c1-14-5-3-7-20(25)18(14)13-19-22-15(2)6-4-8-21(22)26(23(19)27)17-11-9-16(10-12-17)24(28)29/h3-13H,1-2H3,(H,28,29)/b19-13+. The third kappa shape index (κ3) is 3.22. The first kappa shape index (κ1) is 19.0. The van der Waals surface area contributed by atoms with Gasteiger partial charge in [-0.05, 0) is 73.0 Å². The zero-order chi connectivity index (χ0) is 20.7. The van der Waals surface area contributed by atoms with Gasteiger partial charge in [0.1, 0.15) is 0 Å². The fraction of sp³-hybridized carbons (Fsp3) is 0.0833. The summed E-state index contributed by atoms with van der Waals surface area (Å²) in [6.07, 6.45) is 1.84. The summed E-state index contributed by atoms with van der Waals surface area (Å²) in [4.78, 5) is 26.2. The van der Waals surface area contributed by atoms with Crippen molar-refractivity contribution in [1.82, 2.24) is 0 Å². The van der Waals surface area contributed by atoms with E-state index in [1.165, 1.54) is 12.1 Å². The summed E-state index contributed by atoms with van der Waals surface area (Å²) in [5.74, 6) is -1.17. The van der Waals surface area contributed by atoms with Crippen LogP contribution in [-0.2, 0) is 4.79 Å². The highest BCUT2D eigenvalue weighted by Gasteiger charge is 2.34. The van der Waals surface area contributed by atoms with E-state index in [0.717, 1.165) is 27.9 Å². The number of carbonyl (C=O) groups is 2. The largest absolute Gasteiger partial charge is 0.478 e. The van der Waals surface area contributed by atoms with Gasteiger partial charge in [0.25, 0.3) is 5.91 Å². The molecule has 144 valence electrons. The van der Waals surface area contributed by atoms with Crippen molar-refractivity contribution in [2.45, 2.75) is 13.8 Å². The molecule has 0 unspecified atom stereocenters. The minimum Gasteiger partial charge on any atom is -0.478 e. The number of carbonyl (C=O) groups excluding carboxylic acids is 1. The SMILES string of the molecule is Cc1cccc(Cl)c1/C=C1/C(=O)N(c2ccc(C(=O)O)cc2)c2cccc(C)c21. The van der Waals surface area contributed by atoms with Gasteiger partial charge in [0.05, 0.1) is 16.8 Å². The number of amides is 1. The van der Waals surface area contributed by atoms with Gasteiger partial charge in [-0.25, -0.2) is 4.79 Å². The van der Waals surface area contributed by atoms with E-state index in [4.69, 9.17) is 16.7 Å². The molecule has 4 nitrogen and oxygen atoms in total. The molecule has 0 aliphatic carbocycles. The summed E-state index contributed by atoms with van der Waals surface area (Å²) in [5.41, 5.74) is 5.77. The van der Waals surface area contributed by atoms with Crippen molar-refractivity contribution in [3.05, 3.63) is 93.5 Å². The first-order valence-corrected chi connectivity index (χ1v) is 9.51. The molecule has 1 heterocycles. The average Bonchev–Trinajstić information content (AvgIpc) is 2.97.